The summed E-state index contributed by atoms with van der Waals surface area (Å²) in [7, 11) is 0. The van der Waals surface area contributed by atoms with Gasteiger partial charge < -0.3 is 10.4 Å². The Kier molecular flexibility index (Phi) is 6.20. The van der Waals surface area contributed by atoms with Crippen molar-refractivity contribution >= 4 is 29.3 Å². The van der Waals surface area contributed by atoms with E-state index in [1.54, 1.807) is 11.8 Å². The highest BCUT2D eigenvalue weighted by atomic mass is 35.5. The van der Waals surface area contributed by atoms with Gasteiger partial charge in [-0.3, -0.25) is 4.79 Å². The van der Waals surface area contributed by atoms with Crippen LogP contribution in [0.1, 0.15) is 31.2 Å². The van der Waals surface area contributed by atoms with E-state index in [9.17, 15) is 9.90 Å². The molecule has 0 heterocycles. The van der Waals surface area contributed by atoms with Crippen molar-refractivity contribution in [1.29, 1.82) is 0 Å². The molecule has 1 aliphatic rings. The molecule has 0 saturated heterocycles. The fourth-order valence-corrected chi connectivity index (χ4v) is 3.30. The summed E-state index contributed by atoms with van der Waals surface area (Å²) in [6, 6.07) is 7.59. The second-order valence-corrected chi connectivity index (χ2v) is 6.57. The van der Waals surface area contributed by atoms with E-state index >= 15 is 0 Å². The van der Waals surface area contributed by atoms with E-state index in [1.165, 1.54) is 0 Å². The Labute approximate surface area is 129 Å². The van der Waals surface area contributed by atoms with Crippen molar-refractivity contribution < 1.29 is 9.90 Å². The lowest BCUT2D eigenvalue weighted by Gasteiger charge is -2.28. The minimum absolute atomic E-state index is 0.00918. The maximum Gasteiger partial charge on any atom is 0.230 e. The molecule has 0 bridgehead atoms. The number of nitrogens with one attached hydrogen (secondary N) is 1. The van der Waals surface area contributed by atoms with E-state index < -0.39 is 0 Å². The SMILES string of the molecule is O=C(CSCc1ccc(Cl)cc1)N[C@H]1CCCC[C@@H]1O. The second-order valence-electron chi connectivity index (χ2n) is 5.15. The molecular weight excluding hydrogens is 294 g/mol. The molecule has 0 aliphatic heterocycles. The predicted octanol–water partition coefficient (Wildman–Crippen LogP) is 2.99. The zero-order valence-electron chi connectivity index (χ0n) is 11.3. The molecule has 110 valence electrons. The lowest BCUT2D eigenvalue weighted by atomic mass is 9.93. The van der Waals surface area contributed by atoms with Gasteiger partial charge in [0.2, 0.25) is 5.91 Å². The number of amides is 1. The maximum atomic E-state index is 11.8. The molecule has 20 heavy (non-hydrogen) atoms. The average molecular weight is 314 g/mol. The summed E-state index contributed by atoms with van der Waals surface area (Å²) in [4.78, 5) is 11.8. The summed E-state index contributed by atoms with van der Waals surface area (Å²) in [5.74, 6) is 1.22. The van der Waals surface area contributed by atoms with Crippen LogP contribution in [0, 0.1) is 0 Å². The smallest absolute Gasteiger partial charge is 0.230 e. The summed E-state index contributed by atoms with van der Waals surface area (Å²) < 4.78 is 0. The predicted molar refractivity (Wildman–Crippen MR) is 84.0 cm³/mol. The molecule has 5 heteroatoms. The Balaban J connectivity index is 1.68. The molecule has 1 aromatic rings. The first-order valence-electron chi connectivity index (χ1n) is 6.95. The first kappa shape index (κ1) is 15.7. The number of halogens is 1. The number of carbonyl (C=O) groups is 1. The van der Waals surface area contributed by atoms with Gasteiger partial charge in [0.05, 0.1) is 17.9 Å². The van der Waals surface area contributed by atoms with E-state index in [0.717, 1.165) is 42.0 Å². The number of hydrogen-bond acceptors (Lipinski definition) is 3. The van der Waals surface area contributed by atoms with Gasteiger partial charge in [-0.15, -0.1) is 11.8 Å². The van der Waals surface area contributed by atoms with Crippen LogP contribution in [-0.4, -0.2) is 28.9 Å². The van der Waals surface area contributed by atoms with Crippen LogP contribution in [0.5, 0.6) is 0 Å². The van der Waals surface area contributed by atoms with Gasteiger partial charge in [0.1, 0.15) is 0 Å². The fraction of sp³-hybridized carbons (Fsp3) is 0.533. The first-order chi connectivity index (χ1) is 9.65. The van der Waals surface area contributed by atoms with Gasteiger partial charge in [0.15, 0.2) is 0 Å². The fourth-order valence-electron chi connectivity index (χ4n) is 2.37. The Morgan fingerprint density at radius 1 is 1.30 bits per heavy atom. The number of hydrogen-bond donors (Lipinski definition) is 2. The van der Waals surface area contributed by atoms with Crippen LogP contribution < -0.4 is 5.32 Å². The number of thioether (sulfide) groups is 1. The van der Waals surface area contributed by atoms with Crippen molar-refractivity contribution in [2.75, 3.05) is 5.75 Å². The van der Waals surface area contributed by atoms with Crippen molar-refractivity contribution in [3.63, 3.8) is 0 Å². The third-order valence-corrected chi connectivity index (χ3v) is 4.75. The Bertz CT molecular complexity index is 438. The van der Waals surface area contributed by atoms with Crippen molar-refractivity contribution in [2.45, 2.75) is 43.6 Å². The summed E-state index contributed by atoms with van der Waals surface area (Å²) in [6.45, 7) is 0. The summed E-state index contributed by atoms with van der Waals surface area (Å²) >= 11 is 7.40. The number of benzene rings is 1. The van der Waals surface area contributed by atoms with Gasteiger partial charge in [-0.05, 0) is 30.5 Å². The number of rotatable bonds is 5. The summed E-state index contributed by atoms with van der Waals surface area (Å²) in [5, 5.41) is 13.5. The minimum atomic E-state index is -0.381. The second kappa shape index (κ2) is 7.91. The molecule has 1 fully saturated rings. The highest BCUT2D eigenvalue weighted by Gasteiger charge is 2.24. The molecule has 1 saturated carbocycles. The average Bonchev–Trinajstić information content (AvgIpc) is 2.44. The molecule has 2 atom stereocenters. The van der Waals surface area contributed by atoms with Crippen LogP contribution in [0.4, 0.5) is 0 Å². The molecule has 1 aliphatic carbocycles. The highest BCUT2D eigenvalue weighted by Crippen LogP contribution is 2.19. The molecule has 0 aromatic heterocycles. The van der Waals surface area contributed by atoms with Crippen molar-refractivity contribution in [3.8, 4) is 0 Å². The van der Waals surface area contributed by atoms with Gasteiger partial charge >= 0.3 is 0 Å². The number of aliphatic hydroxyl groups excluding tert-OH is 1. The van der Waals surface area contributed by atoms with Crippen molar-refractivity contribution in [2.24, 2.45) is 0 Å². The summed E-state index contributed by atoms with van der Waals surface area (Å²) in [5.41, 5.74) is 1.16. The van der Waals surface area contributed by atoms with Crippen LogP contribution in [-0.2, 0) is 10.5 Å². The van der Waals surface area contributed by atoms with Gasteiger partial charge in [-0.1, -0.05) is 36.6 Å². The quantitative estimate of drug-likeness (QED) is 0.878. The van der Waals surface area contributed by atoms with Gasteiger partial charge in [-0.25, -0.2) is 0 Å². The third kappa shape index (κ3) is 5.00. The van der Waals surface area contributed by atoms with Crippen molar-refractivity contribution in [3.05, 3.63) is 34.9 Å². The van der Waals surface area contributed by atoms with Crippen LogP contribution >= 0.6 is 23.4 Å². The van der Waals surface area contributed by atoms with Crippen LogP contribution in [0.25, 0.3) is 0 Å². The van der Waals surface area contributed by atoms with Crippen LogP contribution in [0.2, 0.25) is 5.02 Å². The van der Waals surface area contributed by atoms with E-state index in [1.807, 2.05) is 24.3 Å². The molecule has 0 radical (unpaired) electrons. The molecule has 0 spiro atoms. The van der Waals surface area contributed by atoms with Gasteiger partial charge in [0.25, 0.3) is 0 Å². The Morgan fingerprint density at radius 3 is 2.70 bits per heavy atom. The monoisotopic (exact) mass is 313 g/mol. The standard InChI is InChI=1S/C15H20ClNO2S/c16-12-7-5-11(6-8-12)9-20-10-15(19)17-13-3-1-2-4-14(13)18/h5-8,13-14,18H,1-4,9-10H2,(H,17,19)/t13-,14-/m0/s1. The highest BCUT2D eigenvalue weighted by molar-refractivity contribution is 7.99. The zero-order valence-corrected chi connectivity index (χ0v) is 12.9. The number of carbonyl (C=O) groups excluding carboxylic acids is 1. The zero-order chi connectivity index (χ0) is 14.4. The minimum Gasteiger partial charge on any atom is -0.391 e. The molecule has 1 amide bonds. The molecule has 1 aromatic carbocycles. The largest absolute Gasteiger partial charge is 0.391 e. The van der Waals surface area contributed by atoms with E-state index in [0.29, 0.717) is 5.75 Å². The summed E-state index contributed by atoms with van der Waals surface area (Å²) in [6.07, 6.45) is 3.44. The first-order valence-corrected chi connectivity index (χ1v) is 8.48. The third-order valence-electron chi connectivity index (χ3n) is 3.49. The normalized spacial score (nSPS) is 22.5. The van der Waals surface area contributed by atoms with Crippen molar-refractivity contribution in [1.82, 2.24) is 5.32 Å². The molecule has 2 rings (SSSR count). The molecule has 2 N–H and O–H groups in total. The van der Waals surface area contributed by atoms with E-state index in [2.05, 4.69) is 5.32 Å². The Morgan fingerprint density at radius 2 is 2.00 bits per heavy atom. The maximum absolute atomic E-state index is 11.8. The van der Waals surface area contributed by atoms with E-state index in [4.69, 9.17) is 11.6 Å². The Hall–Kier alpha value is -0.710. The topological polar surface area (TPSA) is 49.3 Å². The molecular formula is C15H20ClNO2S. The number of aliphatic hydroxyl groups is 1. The van der Waals surface area contributed by atoms with Crippen LogP contribution in [0.15, 0.2) is 24.3 Å². The van der Waals surface area contributed by atoms with E-state index in [-0.39, 0.29) is 18.1 Å². The van der Waals surface area contributed by atoms with Gasteiger partial charge in [-0.2, -0.15) is 0 Å². The lowest BCUT2D eigenvalue weighted by molar-refractivity contribution is -0.120. The van der Waals surface area contributed by atoms with Crippen LogP contribution in [0.3, 0.4) is 0 Å². The molecule has 0 unspecified atom stereocenters. The molecule has 3 nitrogen and oxygen atoms in total. The lowest BCUT2D eigenvalue weighted by Crippen LogP contribution is -2.45. The van der Waals surface area contributed by atoms with Gasteiger partial charge in [0, 0.05) is 10.8 Å².